The van der Waals surface area contributed by atoms with Crippen molar-refractivity contribution in [2.45, 2.75) is 32.6 Å². The maximum atomic E-state index is 9.01. The monoisotopic (exact) mass is 294 g/mol. The molecular formula is C17H18N4O. The summed E-state index contributed by atoms with van der Waals surface area (Å²) in [6, 6.07) is 12.3. The van der Waals surface area contributed by atoms with E-state index >= 15 is 0 Å². The predicted octanol–water partition coefficient (Wildman–Crippen LogP) is 3.88. The summed E-state index contributed by atoms with van der Waals surface area (Å²) >= 11 is 0. The lowest BCUT2D eigenvalue weighted by Gasteiger charge is -2.09. The van der Waals surface area contributed by atoms with Crippen LogP contribution < -0.4 is 10.1 Å². The lowest BCUT2D eigenvalue weighted by Crippen LogP contribution is -2.02. The molecule has 22 heavy (non-hydrogen) atoms. The minimum atomic E-state index is -0.242. The summed E-state index contributed by atoms with van der Waals surface area (Å²) in [6.07, 6.45) is 4.53. The number of unbranched alkanes of at least 4 members (excludes halogenated alkanes) is 3. The van der Waals surface area contributed by atoms with Crippen LogP contribution in [0.5, 0.6) is 5.75 Å². The molecule has 0 fully saturated rings. The van der Waals surface area contributed by atoms with Gasteiger partial charge in [0.25, 0.3) is 0 Å². The number of hydrogen-bond acceptors (Lipinski definition) is 5. The van der Waals surface area contributed by atoms with Gasteiger partial charge in [0.1, 0.15) is 29.7 Å². The quantitative estimate of drug-likeness (QED) is 0.580. The molecule has 0 radical (unpaired) electrons. The van der Waals surface area contributed by atoms with Gasteiger partial charge in [-0.1, -0.05) is 32.3 Å². The van der Waals surface area contributed by atoms with E-state index < -0.39 is 0 Å². The summed E-state index contributed by atoms with van der Waals surface area (Å²) in [5.74, 6) is 0.689. The number of anilines is 1. The summed E-state index contributed by atoms with van der Waals surface area (Å²) in [5, 5.41) is 29.4. The summed E-state index contributed by atoms with van der Waals surface area (Å²) in [6.45, 7) is 2.80. The Balaban J connectivity index is 2.69. The van der Waals surface area contributed by atoms with E-state index in [4.69, 9.17) is 20.5 Å². The van der Waals surface area contributed by atoms with Gasteiger partial charge in [-0.15, -0.1) is 0 Å². The first kappa shape index (κ1) is 17.1. The fourth-order valence-corrected chi connectivity index (χ4v) is 1.81. The molecular weight excluding hydrogens is 276 g/mol. The molecule has 0 bridgehead atoms. The highest BCUT2D eigenvalue weighted by Gasteiger charge is 2.06. The third-order valence-corrected chi connectivity index (χ3v) is 2.96. The molecule has 0 saturated carbocycles. The molecule has 1 aromatic carbocycles. The molecule has 112 valence electrons. The molecule has 0 atom stereocenters. The molecule has 0 saturated heterocycles. The number of hydrogen-bond donors (Lipinski definition) is 1. The molecule has 1 N–H and O–H groups in total. The van der Waals surface area contributed by atoms with Crippen LogP contribution in [0.25, 0.3) is 0 Å². The Hall–Kier alpha value is -2.97. The smallest absolute Gasteiger partial charge is 0.163 e. The maximum Gasteiger partial charge on any atom is 0.163 e. The minimum Gasteiger partial charge on any atom is -0.494 e. The van der Waals surface area contributed by atoms with Gasteiger partial charge in [0.05, 0.1) is 6.61 Å². The van der Waals surface area contributed by atoms with Crippen LogP contribution >= 0.6 is 0 Å². The zero-order chi connectivity index (χ0) is 16.2. The predicted molar refractivity (Wildman–Crippen MR) is 83.6 cm³/mol. The van der Waals surface area contributed by atoms with Crippen LogP contribution in [0.4, 0.5) is 5.69 Å². The Morgan fingerprint density at radius 1 is 1.09 bits per heavy atom. The molecule has 0 aliphatic rings. The van der Waals surface area contributed by atoms with Crippen LogP contribution in [0, 0.1) is 34.0 Å². The summed E-state index contributed by atoms with van der Waals surface area (Å²) < 4.78 is 5.65. The van der Waals surface area contributed by atoms with E-state index in [1.807, 2.05) is 12.1 Å². The van der Waals surface area contributed by atoms with Gasteiger partial charge >= 0.3 is 0 Å². The van der Waals surface area contributed by atoms with Crippen molar-refractivity contribution in [3.63, 3.8) is 0 Å². The second kappa shape index (κ2) is 9.86. The molecule has 0 unspecified atom stereocenters. The highest BCUT2D eigenvalue weighted by molar-refractivity contribution is 5.59. The summed E-state index contributed by atoms with van der Waals surface area (Å²) in [5.41, 5.74) is 0.295. The summed E-state index contributed by atoms with van der Waals surface area (Å²) in [4.78, 5) is 0. The van der Waals surface area contributed by atoms with Crippen molar-refractivity contribution < 1.29 is 4.74 Å². The Morgan fingerprint density at radius 2 is 1.86 bits per heavy atom. The third kappa shape index (κ3) is 5.57. The average molecular weight is 294 g/mol. The van der Waals surface area contributed by atoms with Crippen molar-refractivity contribution in [1.29, 1.82) is 15.8 Å². The van der Waals surface area contributed by atoms with Crippen molar-refractivity contribution in [2.24, 2.45) is 0 Å². The number of allylic oxidation sites excluding steroid dienone is 2. The SMILES string of the molecule is CCCCCCOc1cccc(NC(C#N)=C(C#N)C#N)c1. The first-order valence-electron chi connectivity index (χ1n) is 7.19. The van der Waals surface area contributed by atoms with Gasteiger partial charge < -0.3 is 10.1 Å². The van der Waals surface area contributed by atoms with Crippen LogP contribution in [0.3, 0.4) is 0 Å². The zero-order valence-corrected chi connectivity index (χ0v) is 12.6. The molecule has 5 nitrogen and oxygen atoms in total. The van der Waals surface area contributed by atoms with Gasteiger partial charge in [0.15, 0.2) is 5.57 Å². The van der Waals surface area contributed by atoms with Gasteiger partial charge in [0.2, 0.25) is 0 Å². The molecule has 0 spiro atoms. The molecule has 0 aliphatic carbocycles. The fourth-order valence-electron chi connectivity index (χ4n) is 1.81. The van der Waals surface area contributed by atoms with E-state index in [1.165, 1.54) is 12.8 Å². The van der Waals surface area contributed by atoms with E-state index in [9.17, 15) is 0 Å². The number of nitrogens with one attached hydrogen (secondary N) is 1. The Kier molecular flexibility index (Phi) is 7.66. The van der Waals surface area contributed by atoms with Gasteiger partial charge in [-0.2, -0.15) is 15.8 Å². The Morgan fingerprint density at radius 3 is 2.50 bits per heavy atom. The topological polar surface area (TPSA) is 92.6 Å². The fraction of sp³-hybridized carbons (Fsp3) is 0.353. The lowest BCUT2D eigenvalue weighted by atomic mass is 10.2. The lowest BCUT2D eigenvalue weighted by molar-refractivity contribution is 0.305. The van der Waals surface area contributed by atoms with Gasteiger partial charge in [-0.3, -0.25) is 0 Å². The van der Waals surface area contributed by atoms with Crippen molar-refractivity contribution in [1.82, 2.24) is 0 Å². The first-order chi connectivity index (χ1) is 10.7. The van der Waals surface area contributed by atoms with Crippen molar-refractivity contribution in [2.75, 3.05) is 11.9 Å². The largest absolute Gasteiger partial charge is 0.494 e. The van der Waals surface area contributed by atoms with E-state index in [0.717, 1.165) is 12.8 Å². The molecule has 0 heterocycles. The molecule has 0 amide bonds. The van der Waals surface area contributed by atoms with E-state index in [2.05, 4.69) is 12.2 Å². The maximum absolute atomic E-state index is 9.01. The zero-order valence-electron chi connectivity index (χ0n) is 12.6. The molecule has 5 heteroatoms. The molecule has 1 rings (SSSR count). The summed E-state index contributed by atoms with van der Waals surface area (Å²) in [7, 11) is 0. The second-order valence-electron chi connectivity index (χ2n) is 4.65. The van der Waals surface area contributed by atoms with Crippen LogP contribution in [0.2, 0.25) is 0 Å². The number of nitrogens with zero attached hydrogens (tertiary/aromatic N) is 3. The highest BCUT2D eigenvalue weighted by Crippen LogP contribution is 2.20. The first-order valence-corrected chi connectivity index (χ1v) is 7.19. The number of ether oxygens (including phenoxy) is 1. The van der Waals surface area contributed by atoms with Crippen LogP contribution in [0.1, 0.15) is 32.6 Å². The average Bonchev–Trinajstić information content (AvgIpc) is 2.55. The minimum absolute atomic E-state index is 0.0647. The number of benzene rings is 1. The number of nitriles is 3. The van der Waals surface area contributed by atoms with Gasteiger partial charge in [-0.05, 0) is 18.6 Å². The van der Waals surface area contributed by atoms with E-state index in [0.29, 0.717) is 18.0 Å². The number of rotatable bonds is 8. The highest BCUT2D eigenvalue weighted by atomic mass is 16.5. The Bertz CT molecular complexity index is 628. The van der Waals surface area contributed by atoms with E-state index in [1.54, 1.807) is 30.3 Å². The normalized spacial score (nSPS) is 9.00. The molecule has 1 aromatic rings. The molecule has 0 aromatic heterocycles. The Labute approximate surface area is 131 Å². The van der Waals surface area contributed by atoms with Crippen molar-refractivity contribution >= 4 is 5.69 Å². The van der Waals surface area contributed by atoms with Gasteiger partial charge in [-0.25, -0.2) is 0 Å². The van der Waals surface area contributed by atoms with Crippen LogP contribution in [0.15, 0.2) is 35.5 Å². The molecule has 0 aliphatic heterocycles. The van der Waals surface area contributed by atoms with Crippen LogP contribution in [-0.2, 0) is 0 Å². The van der Waals surface area contributed by atoms with Gasteiger partial charge in [0, 0.05) is 11.8 Å². The third-order valence-electron chi connectivity index (χ3n) is 2.96. The van der Waals surface area contributed by atoms with Crippen molar-refractivity contribution in [3.8, 4) is 24.0 Å². The van der Waals surface area contributed by atoms with E-state index in [-0.39, 0.29) is 11.3 Å². The second-order valence-corrected chi connectivity index (χ2v) is 4.65. The van der Waals surface area contributed by atoms with Crippen molar-refractivity contribution in [3.05, 3.63) is 35.5 Å². The standard InChI is InChI=1S/C17H18N4O/c1-2-3-4-5-9-22-16-8-6-7-15(10-16)21-17(13-20)14(11-18)12-19/h6-8,10,21H,2-5,9H2,1H3. The van der Waals surface area contributed by atoms with Crippen LogP contribution in [-0.4, -0.2) is 6.61 Å².